The van der Waals surface area contributed by atoms with E-state index in [0.29, 0.717) is 5.02 Å². The van der Waals surface area contributed by atoms with Crippen LogP contribution in [0.15, 0.2) is 77.7 Å². The zero-order valence-electron chi connectivity index (χ0n) is 19.1. The zero-order chi connectivity index (χ0) is 24.9. The van der Waals surface area contributed by atoms with Gasteiger partial charge in [-0.25, -0.2) is 8.42 Å². The van der Waals surface area contributed by atoms with Crippen LogP contribution in [0, 0.1) is 6.92 Å². The van der Waals surface area contributed by atoms with Crippen LogP contribution in [0.2, 0.25) is 5.02 Å². The Labute approximate surface area is 204 Å². The molecule has 34 heavy (non-hydrogen) atoms. The highest BCUT2D eigenvalue weighted by molar-refractivity contribution is 7.92. The first kappa shape index (κ1) is 25.3. The molecule has 0 aliphatic rings. The molecule has 0 aliphatic heterocycles. The number of nitrogens with one attached hydrogen (secondary N) is 2. The topological polar surface area (TPSA) is 95.6 Å². The highest BCUT2D eigenvalue weighted by Crippen LogP contribution is 2.28. The molecule has 0 saturated carbocycles. The van der Waals surface area contributed by atoms with E-state index in [9.17, 15) is 18.0 Å². The quantitative estimate of drug-likeness (QED) is 0.472. The van der Waals surface area contributed by atoms with Crippen LogP contribution in [0.4, 0.5) is 11.4 Å². The van der Waals surface area contributed by atoms with Crippen molar-refractivity contribution in [2.75, 3.05) is 16.2 Å². The third-order valence-corrected chi connectivity index (χ3v) is 7.12. The van der Waals surface area contributed by atoms with Crippen molar-refractivity contribution in [3.05, 3.63) is 88.9 Å². The average molecular weight is 500 g/mol. The number of carbonyl (C=O) groups is 2. The van der Waals surface area contributed by atoms with Gasteiger partial charge in [0.2, 0.25) is 5.91 Å². The molecule has 3 aromatic rings. The summed E-state index contributed by atoms with van der Waals surface area (Å²) in [5.41, 5.74) is 1.59. The highest BCUT2D eigenvalue weighted by Gasteiger charge is 2.28. The third kappa shape index (κ3) is 5.95. The molecule has 0 aliphatic carbocycles. The van der Waals surface area contributed by atoms with Crippen molar-refractivity contribution in [1.82, 2.24) is 5.32 Å². The van der Waals surface area contributed by atoms with E-state index in [4.69, 9.17) is 11.6 Å². The number of halogens is 1. The number of hydrogen-bond acceptors (Lipinski definition) is 4. The summed E-state index contributed by atoms with van der Waals surface area (Å²) in [6, 6.07) is 19.1. The minimum atomic E-state index is -4.08. The Balaban J connectivity index is 1.94. The molecule has 2 amide bonds. The number of benzene rings is 3. The normalized spacial score (nSPS) is 11.2. The third-order valence-electron chi connectivity index (χ3n) is 4.93. The summed E-state index contributed by atoms with van der Waals surface area (Å²) in [7, 11) is -4.08. The average Bonchev–Trinajstić information content (AvgIpc) is 2.80. The first-order valence-corrected chi connectivity index (χ1v) is 12.4. The number of para-hydroxylation sites is 1. The second-order valence-electron chi connectivity index (χ2n) is 7.98. The summed E-state index contributed by atoms with van der Waals surface area (Å²) in [5, 5.41) is 5.84. The molecule has 0 spiro atoms. The van der Waals surface area contributed by atoms with Crippen molar-refractivity contribution >= 4 is 44.8 Å². The van der Waals surface area contributed by atoms with Gasteiger partial charge in [-0.3, -0.25) is 13.9 Å². The molecular formula is C25H26ClN3O4S. The van der Waals surface area contributed by atoms with Gasteiger partial charge in [0.15, 0.2) is 0 Å². The summed E-state index contributed by atoms with van der Waals surface area (Å²) >= 11 is 6.25. The van der Waals surface area contributed by atoms with E-state index in [-0.39, 0.29) is 33.8 Å². The van der Waals surface area contributed by atoms with Crippen molar-refractivity contribution in [1.29, 1.82) is 0 Å². The summed E-state index contributed by atoms with van der Waals surface area (Å²) in [6.07, 6.45) is 0. The smallest absolute Gasteiger partial charge is 0.264 e. The van der Waals surface area contributed by atoms with Crippen LogP contribution >= 0.6 is 11.6 Å². The summed E-state index contributed by atoms with van der Waals surface area (Å²) in [6.45, 7) is 4.95. The van der Waals surface area contributed by atoms with Gasteiger partial charge in [0.25, 0.3) is 15.9 Å². The predicted octanol–water partition coefficient (Wildman–Crippen LogP) is 4.62. The highest BCUT2D eigenvalue weighted by atomic mass is 35.5. The van der Waals surface area contributed by atoms with Crippen LogP contribution in [0.5, 0.6) is 0 Å². The summed E-state index contributed by atoms with van der Waals surface area (Å²) in [5.74, 6) is -0.953. The van der Waals surface area contributed by atoms with Gasteiger partial charge >= 0.3 is 0 Å². The second kappa shape index (κ2) is 10.7. The molecule has 7 nitrogen and oxygen atoms in total. The summed E-state index contributed by atoms with van der Waals surface area (Å²) in [4.78, 5) is 25.6. The molecule has 0 bridgehead atoms. The Kier molecular flexibility index (Phi) is 7.96. The van der Waals surface area contributed by atoms with Gasteiger partial charge in [-0.1, -0.05) is 48.0 Å². The van der Waals surface area contributed by atoms with Gasteiger partial charge in [0.05, 0.1) is 21.8 Å². The SMILES string of the molecule is Cc1ccc(N(CC(=O)Nc2ccccc2C(=O)NC(C)C)S(=O)(=O)c2ccccc2)cc1Cl. The lowest BCUT2D eigenvalue weighted by Gasteiger charge is -2.25. The molecule has 0 unspecified atom stereocenters. The Morgan fingerprint density at radius 3 is 2.26 bits per heavy atom. The molecule has 0 atom stereocenters. The molecule has 2 N–H and O–H groups in total. The fourth-order valence-corrected chi connectivity index (χ4v) is 4.83. The molecule has 178 valence electrons. The van der Waals surface area contributed by atoms with Crippen LogP contribution in [-0.4, -0.2) is 32.8 Å². The molecule has 0 radical (unpaired) electrons. The first-order valence-electron chi connectivity index (χ1n) is 10.6. The standard InChI is InChI=1S/C25H26ClN3O4S/c1-17(2)27-25(31)21-11-7-8-12-23(21)28-24(30)16-29(19-14-13-18(3)22(26)15-19)34(32,33)20-9-5-4-6-10-20/h4-15,17H,16H2,1-3H3,(H,27,31)(H,28,30). The van der Waals surface area contributed by atoms with E-state index >= 15 is 0 Å². The monoisotopic (exact) mass is 499 g/mol. The van der Waals surface area contributed by atoms with Gasteiger partial charge in [0, 0.05) is 11.1 Å². The Morgan fingerprint density at radius 1 is 0.971 bits per heavy atom. The zero-order valence-corrected chi connectivity index (χ0v) is 20.7. The molecule has 3 aromatic carbocycles. The number of hydrogen-bond donors (Lipinski definition) is 2. The molecular weight excluding hydrogens is 474 g/mol. The molecule has 0 fully saturated rings. The number of rotatable bonds is 8. The molecule has 0 aromatic heterocycles. The van der Waals surface area contributed by atoms with Gasteiger partial charge in [-0.05, 0) is 62.7 Å². The number of carbonyl (C=O) groups excluding carboxylic acids is 2. The Bertz CT molecular complexity index is 1290. The van der Waals surface area contributed by atoms with Crippen LogP contribution in [-0.2, 0) is 14.8 Å². The fourth-order valence-electron chi connectivity index (χ4n) is 3.22. The minimum Gasteiger partial charge on any atom is -0.350 e. The predicted molar refractivity (Wildman–Crippen MR) is 135 cm³/mol. The number of aryl methyl sites for hydroxylation is 1. The molecule has 9 heteroatoms. The van der Waals surface area contributed by atoms with Gasteiger partial charge in [-0.2, -0.15) is 0 Å². The van der Waals surface area contributed by atoms with Gasteiger partial charge < -0.3 is 10.6 Å². The van der Waals surface area contributed by atoms with E-state index in [1.807, 2.05) is 13.8 Å². The largest absolute Gasteiger partial charge is 0.350 e. The number of anilines is 2. The van der Waals surface area contributed by atoms with E-state index in [0.717, 1.165) is 9.87 Å². The van der Waals surface area contributed by atoms with Crippen LogP contribution in [0.1, 0.15) is 29.8 Å². The van der Waals surface area contributed by atoms with Crippen molar-refractivity contribution < 1.29 is 18.0 Å². The summed E-state index contributed by atoms with van der Waals surface area (Å²) < 4.78 is 27.9. The maximum Gasteiger partial charge on any atom is 0.264 e. The minimum absolute atomic E-state index is 0.0382. The number of amides is 2. The van der Waals surface area contributed by atoms with Crippen molar-refractivity contribution in [2.24, 2.45) is 0 Å². The van der Waals surface area contributed by atoms with Crippen molar-refractivity contribution in [3.63, 3.8) is 0 Å². The Hall–Kier alpha value is -3.36. The maximum absolute atomic E-state index is 13.5. The van der Waals surface area contributed by atoms with Crippen molar-refractivity contribution in [2.45, 2.75) is 31.7 Å². The molecule has 3 rings (SSSR count). The number of sulfonamides is 1. The lowest BCUT2D eigenvalue weighted by Crippen LogP contribution is -2.38. The molecule has 0 heterocycles. The van der Waals surface area contributed by atoms with Gasteiger partial charge in [-0.15, -0.1) is 0 Å². The lowest BCUT2D eigenvalue weighted by molar-refractivity contribution is -0.114. The number of nitrogens with zero attached hydrogens (tertiary/aromatic N) is 1. The van der Waals surface area contributed by atoms with Crippen LogP contribution < -0.4 is 14.9 Å². The first-order chi connectivity index (χ1) is 16.1. The van der Waals surface area contributed by atoms with E-state index in [2.05, 4.69) is 10.6 Å². The Morgan fingerprint density at radius 2 is 1.62 bits per heavy atom. The van der Waals surface area contributed by atoms with Crippen LogP contribution in [0.25, 0.3) is 0 Å². The van der Waals surface area contributed by atoms with Crippen molar-refractivity contribution in [3.8, 4) is 0 Å². The maximum atomic E-state index is 13.5. The second-order valence-corrected chi connectivity index (χ2v) is 10.2. The fraction of sp³-hybridized carbons (Fsp3) is 0.200. The van der Waals surface area contributed by atoms with Crippen LogP contribution in [0.3, 0.4) is 0 Å². The molecule has 0 saturated heterocycles. The van der Waals surface area contributed by atoms with E-state index < -0.39 is 22.5 Å². The van der Waals surface area contributed by atoms with Gasteiger partial charge in [0.1, 0.15) is 6.54 Å². The lowest BCUT2D eigenvalue weighted by atomic mass is 10.1. The van der Waals surface area contributed by atoms with E-state index in [1.165, 1.54) is 18.2 Å². The van der Waals surface area contributed by atoms with E-state index in [1.54, 1.807) is 61.5 Å².